The van der Waals surface area contributed by atoms with E-state index in [1.807, 2.05) is 13.1 Å². The molecule has 0 saturated carbocycles. The molecule has 1 aromatic carbocycles. The van der Waals surface area contributed by atoms with Crippen LogP contribution in [-0.4, -0.2) is 19.1 Å². The molecule has 0 amide bonds. The summed E-state index contributed by atoms with van der Waals surface area (Å²) in [4.78, 5) is 5.74. The molecule has 2 rings (SSSR count). The van der Waals surface area contributed by atoms with Crippen molar-refractivity contribution in [1.82, 2.24) is 10.3 Å². The summed E-state index contributed by atoms with van der Waals surface area (Å²) in [6, 6.07) is 5.08. The fourth-order valence-electron chi connectivity index (χ4n) is 1.83. The molecule has 1 heterocycles. The van der Waals surface area contributed by atoms with Crippen molar-refractivity contribution in [1.29, 1.82) is 0 Å². The molecule has 5 heteroatoms. The molecule has 0 spiro atoms. The number of halogens is 1. The normalized spacial score (nSPS) is 10.9. The molecule has 0 unspecified atom stereocenters. The van der Waals surface area contributed by atoms with Gasteiger partial charge in [0.1, 0.15) is 10.8 Å². The highest BCUT2D eigenvalue weighted by Crippen LogP contribution is 2.29. The number of aromatic nitrogens is 1. The highest BCUT2D eigenvalue weighted by Gasteiger charge is 2.12. The van der Waals surface area contributed by atoms with E-state index in [1.165, 1.54) is 6.07 Å². The lowest BCUT2D eigenvalue weighted by molar-refractivity contribution is 0.181. The third-order valence-corrected chi connectivity index (χ3v) is 3.95. The van der Waals surface area contributed by atoms with Crippen LogP contribution in [0.25, 0.3) is 10.6 Å². The van der Waals surface area contributed by atoms with Gasteiger partial charge in [0, 0.05) is 24.1 Å². The van der Waals surface area contributed by atoms with Gasteiger partial charge in [-0.1, -0.05) is 0 Å². The van der Waals surface area contributed by atoms with Crippen molar-refractivity contribution >= 4 is 11.3 Å². The van der Waals surface area contributed by atoms with Crippen molar-refractivity contribution in [2.45, 2.75) is 20.1 Å². The second-order valence-corrected chi connectivity index (χ2v) is 5.40. The van der Waals surface area contributed by atoms with Crippen LogP contribution in [0.3, 0.4) is 0 Å². The Balaban J connectivity index is 2.38. The lowest BCUT2D eigenvalue weighted by Crippen LogP contribution is -2.06. The van der Waals surface area contributed by atoms with Crippen LogP contribution in [0.5, 0.6) is 0 Å². The number of hydrogen-bond acceptors (Lipinski definition) is 4. The van der Waals surface area contributed by atoms with E-state index in [-0.39, 0.29) is 5.82 Å². The molecule has 3 nitrogen and oxygen atoms in total. The number of benzene rings is 1. The Kier molecular flexibility index (Phi) is 4.63. The summed E-state index contributed by atoms with van der Waals surface area (Å²) in [5.41, 5.74) is 2.53. The van der Waals surface area contributed by atoms with E-state index in [2.05, 4.69) is 10.3 Å². The quantitative estimate of drug-likeness (QED) is 0.913. The van der Waals surface area contributed by atoms with Gasteiger partial charge in [-0.05, 0) is 37.7 Å². The summed E-state index contributed by atoms with van der Waals surface area (Å²) >= 11 is 1.62. The molecule has 0 radical (unpaired) electrons. The van der Waals surface area contributed by atoms with Gasteiger partial charge in [-0.15, -0.1) is 11.3 Å². The van der Waals surface area contributed by atoms with E-state index >= 15 is 0 Å². The van der Waals surface area contributed by atoms with E-state index in [9.17, 15) is 4.39 Å². The highest BCUT2D eigenvalue weighted by atomic mass is 32.1. The number of rotatable bonds is 5. The first-order valence-electron chi connectivity index (χ1n) is 6.04. The fourth-order valence-corrected chi connectivity index (χ4v) is 2.91. The Hall–Kier alpha value is -1.30. The number of aryl methyl sites for hydroxylation is 1. The van der Waals surface area contributed by atoms with Crippen LogP contribution < -0.4 is 5.32 Å². The first kappa shape index (κ1) is 14.1. The molecule has 19 heavy (non-hydrogen) atoms. The standard InChI is InChI=1S/C14H17FN2OS/c1-9-6-10(4-5-11(9)15)14-17-12(8-18-3)13(19-14)7-16-2/h4-6,16H,7-8H2,1-3H3. The Morgan fingerprint density at radius 1 is 1.42 bits per heavy atom. The van der Waals surface area contributed by atoms with Crippen LogP contribution in [0.2, 0.25) is 0 Å². The maximum atomic E-state index is 13.3. The summed E-state index contributed by atoms with van der Waals surface area (Å²) in [7, 11) is 3.56. The summed E-state index contributed by atoms with van der Waals surface area (Å²) < 4.78 is 18.5. The summed E-state index contributed by atoms with van der Waals surface area (Å²) in [6.07, 6.45) is 0. The van der Waals surface area contributed by atoms with Gasteiger partial charge >= 0.3 is 0 Å². The van der Waals surface area contributed by atoms with Crippen LogP contribution in [0.4, 0.5) is 4.39 Å². The Morgan fingerprint density at radius 3 is 2.84 bits per heavy atom. The minimum absolute atomic E-state index is 0.187. The van der Waals surface area contributed by atoms with Gasteiger partial charge < -0.3 is 10.1 Å². The number of nitrogens with one attached hydrogen (secondary N) is 1. The van der Waals surface area contributed by atoms with Crippen LogP contribution in [0.15, 0.2) is 18.2 Å². The van der Waals surface area contributed by atoms with E-state index in [0.717, 1.165) is 27.7 Å². The third-order valence-electron chi connectivity index (χ3n) is 2.80. The van der Waals surface area contributed by atoms with Crippen molar-refractivity contribution < 1.29 is 9.13 Å². The largest absolute Gasteiger partial charge is 0.378 e. The van der Waals surface area contributed by atoms with Gasteiger partial charge in [0.05, 0.1) is 12.3 Å². The minimum Gasteiger partial charge on any atom is -0.378 e. The summed E-state index contributed by atoms with van der Waals surface area (Å²) in [5, 5.41) is 4.03. The zero-order valence-electron chi connectivity index (χ0n) is 11.3. The summed E-state index contributed by atoms with van der Waals surface area (Å²) in [5.74, 6) is -0.187. The van der Waals surface area contributed by atoms with Crippen molar-refractivity contribution in [3.05, 3.63) is 40.2 Å². The molecule has 0 aliphatic carbocycles. The molecule has 0 bridgehead atoms. The monoisotopic (exact) mass is 280 g/mol. The maximum Gasteiger partial charge on any atom is 0.126 e. The molecule has 0 aliphatic heterocycles. The minimum atomic E-state index is -0.187. The zero-order chi connectivity index (χ0) is 13.8. The lowest BCUT2D eigenvalue weighted by Gasteiger charge is -1.99. The average molecular weight is 280 g/mol. The third kappa shape index (κ3) is 3.18. The van der Waals surface area contributed by atoms with E-state index < -0.39 is 0 Å². The van der Waals surface area contributed by atoms with Gasteiger partial charge in [-0.25, -0.2) is 9.37 Å². The highest BCUT2D eigenvalue weighted by molar-refractivity contribution is 7.15. The second kappa shape index (κ2) is 6.23. The van der Waals surface area contributed by atoms with Crippen molar-refractivity contribution in [3.8, 4) is 10.6 Å². The predicted octanol–water partition coefficient (Wildman–Crippen LogP) is 3.12. The van der Waals surface area contributed by atoms with E-state index in [0.29, 0.717) is 12.2 Å². The Labute approximate surface area is 116 Å². The Bertz CT molecular complexity index is 545. The fraction of sp³-hybridized carbons (Fsp3) is 0.357. The van der Waals surface area contributed by atoms with Crippen molar-refractivity contribution in [2.75, 3.05) is 14.2 Å². The second-order valence-electron chi connectivity index (χ2n) is 4.32. The van der Waals surface area contributed by atoms with Gasteiger partial charge in [-0.2, -0.15) is 0 Å². The average Bonchev–Trinajstić information content (AvgIpc) is 2.77. The van der Waals surface area contributed by atoms with Gasteiger partial charge in [0.15, 0.2) is 0 Å². The number of nitrogens with zero attached hydrogens (tertiary/aromatic N) is 1. The summed E-state index contributed by atoms with van der Waals surface area (Å²) in [6.45, 7) is 3.02. The van der Waals surface area contributed by atoms with Crippen molar-refractivity contribution in [3.63, 3.8) is 0 Å². The molecule has 0 saturated heterocycles. The van der Waals surface area contributed by atoms with Gasteiger partial charge in [-0.3, -0.25) is 0 Å². The lowest BCUT2D eigenvalue weighted by atomic mass is 10.1. The van der Waals surface area contributed by atoms with Crippen LogP contribution in [0.1, 0.15) is 16.1 Å². The van der Waals surface area contributed by atoms with Crippen molar-refractivity contribution in [2.24, 2.45) is 0 Å². The SMILES string of the molecule is CNCc1sc(-c2ccc(F)c(C)c2)nc1COC. The molecule has 102 valence electrons. The molecular formula is C14H17FN2OS. The molecule has 0 atom stereocenters. The van der Waals surface area contributed by atoms with Gasteiger partial charge in [0.25, 0.3) is 0 Å². The van der Waals surface area contributed by atoms with Crippen LogP contribution in [-0.2, 0) is 17.9 Å². The maximum absolute atomic E-state index is 13.3. The molecule has 1 aromatic heterocycles. The zero-order valence-corrected chi connectivity index (χ0v) is 12.1. The van der Waals surface area contributed by atoms with Crippen LogP contribution in [0, 0.1) is 12.7 Å². The topological polar surface area (TPSA) is 34.2 Å². The van der Waals surface area contributed by atoms with E-state index in [1.54, 1.807) is 31.4 Å². The molecular weight excluding hydrogens is 263 g/mol. The molecule has 1 N–H and O–H groups in total. The number of methoxy groups -OCH3 is 1. The number of thiazole rings is 1. The van der Waals surface area contributed by atoms with E-state index in [4.69, 9.17) is 4.74 Å². The number of hydrogen-bond donors (Lipinski definition) is 1. The van der Waals surface area contributed by atoms with Crippen LogP contribution >= 0.6 is 11.3 Å². The first-order valence-corrected chi connectivity index (χ1v) is 6.86. The smallest absolute Gasteiger partial charge is 0.126 e. The van der Waals surface area contributed by atoms with Gasteiger partial charge in [0.2, 0.25) is 0 Å². The predicted molar refractivity (Wildman–Crippen MR) is 75.7 cm³/mol. The molecule has 2 aromatic rings. The molecule has 0 aliphatic rings. The first-order chi connectivity index (χ1) is 9.15. The Morgan fingerprint density at radius 2 is 2.21 bits per heavy atom. The number of ether oxygens (including phenoxy) is 1. The molecule has 0 fully saturated rings.